The molecule has 1 aliphatic rings. The first-order valence-corrected chi connectivity index (χ1v) is 14.5. The van der Waals surface area contributed by atoms with E-state index in [0.29, 0.717) is 11.8 Å². The Morgan fingerprint density at radius 2 is 1.70 bits per heavy atom. The maximum atomic E-state index is 14.7. The van der Waals surface area contributed by atoms with Crippen molar-refractivity contribution >= 4 is 38.9 Å². The number of fused-ring (bicyclic) bond motifs is 1. The van der Waals surface area contributed by atoms with Crippen LogP contribution in [0.3, 0.4) is 0 Å². The third-order valence-corrected chi connectivity index (χ3v) is 9.52. The maximum absolute atomic E-state index is 14.7. The number of methoxy groups -OCH3 is 1. The third kappa shape index (κ3) is 5.57. The van der Waals surface area contributed by atoms with Crippen molar-refractivity contribution in [2.75, 3.05) is 21.2 Å². The molecule has 1 aliphatic carbocycles. The number of carbonyl (C=O) groups is 1. The van der Waals surface area contributed by atoms with E-state index in [0.717, 1.165) is 71.5 Å². The van der Waals surface area contributed by atoms with E-state index < -0.39 is 11.6 Å². The summed E-state index contributed by atoms with van der Waals surface area (Å²) in [6.45, 7) is 2.20. The van der Waals surface area contributed by atoms with Gasteiger partial charge in [0.15, 0.2) is 0 Å². The Morgan fingerprint density at radius 1 is 1.02 bits per heavy atom. The molecule has 2 aromatic heterocycles. The van der Waals surface area contributed by atoms with Gasteiger partial charge in [0.1, 0.15) is 22.3 Å². The van der Waals surface area contributed by atoms with Crippen LogP contribution in [0.1, 0.15) is 46.6 Å². The molecule has 40 heavy (non-hydrogen) atoms. The zero-order chi connectivity index (χ0) is 28.6. The van der Waals surface area contributed by atoms with Crippen LogP contribution in [-0.2, 0) is 6.54 Å². The van der Waals surface area contributed by atoms with Gasteiger partial charge >= 0.3 is 0 Å². The smallest absolute Gasteiger partial charge is 0.266 e. The second-order valence-electron chi connectivity index (χ2n) is 10.6. The van der Waals surface area contributed by atoms with E-state index in [1.165, 1.54) is 0 Å². The molecular formula is C31H32ClF2N3O2S. The van der Waals surface area contributed by atoms with Gasteiger partial charge in [0.05, 0.1) is 22.2 Å². The van der Waals surface area contributed by atoms with Gasteiger partial charge in [0.25, 0.3) is 5.91 Å². The zero-order valence-corrected chi connectivity index (χ0v) is 24.6. The molecule has 5 rings (SSSR count). The fourth-order valence-electron chi connectivity index (χ4n) is 5.52. The van der Waals surface area contributed by atoms with Gasteiger partial charge in [-0.15, -0.1) is 11.3 Å². The molecule has 2 heterocycles. The summed E-state index contributed by atoms with van der Waals surface area (Å²) in [5.41, 5.74) is 3.67. The molecule has 0 unspecified atom stereocenters. The van der Waals surface area contributed by atoms with Crippen LogP contribution in [-0.4, -0.2) is 54.0 Å². The van der Waals surface area contributed by atoms with E-state index in [1.807, 2.05) is 48.4 Å². The maximum Gasteiger partial charge on any atom is 0.266 e. The molecule has 0 saturated heterocycles. The standard InChI is InChI=1S/C31H32ClF2N3O2S/c1-18-5-6-20(16-35-18)19-7-14-26(39-4)21(15-19)17-37(23-10-8-22(9-11-23)36(2)3)31(38)30-28(32)27-24(33)12-13-25(34)29(27)40-30/h5-7,12-16,22-23H,8-11,17H2,1-4H3/t22-,23-. The summed E-state index contributed by atoms with van der Waals surface area (Å²) in [5, 5.41) is -0.0850. The summed E-state index contributed by atoms with van der Waals surface area (Å²) in [6.07, 6.45) is 5.33. The quantitative estimate of drug-likeness (QED) is 0.223. The second kappa shape index (κ2) is 11.8. The molecule has 1 fully saturated rings. The number of ether oxygens (including phenoxy) is 1. The number of pyridine rings is 1. The lowest BCUT2D eigenvalue weighted by molar-refractivity contribution is 0.0573. The van der Waals surface area contributed by atoms with Gasteiger partial charge in [0.2, 0.25) is 0 Å². The fraction of sp³-hybridized carbons (Fsp3) is 0.355. The average molecular weight is 584 g/mol. The lowest BCUT2D eigenvalue weighted by atomic mass is 9.89. The van der Waals surface area contributed by atoms with Crippen LogP contribution < -0.4 is 4.74 Å². The summed E-state index contributed by atoms with van der Waals surface area (Å²) < 4.78 is 35.0. The van der Waals surface area contributed by atoms with Gasteiger partial charge in [-0.2, -0.15) is 0 Å². The first-order chi connectivity index (χ1) is 19.2. The molecule has 0 spiro atoms. The van der Waals surface area contributed by atoms with Crippen molar-refractivity contribution in [3.63, 3.8) is 0 Å². The van der Waals surface area contributed by atoms with Crippen molar-refractivity contribution < 1.29 is 18.3 Å². The predicted octanol–water partition coefficient (Wildman–Crippen LogP) is 7.73. The Balaban J connectivity index is 1.55. The molecule has 1 amide bonds. The number of aromatic nitrogens is 1. The van der Waals surface area contributed by atoms with E-state index in [2.05, 4.69) is 24.0 Å². The Labute approximate surface area is 242 Å². The molecule has 2 aromatic carbocycles. The van der Waals surface area contributed by atoms with Gasteiger partial charge < -0.3 is 14.5 Å². The highest BCUT2D eigenvalue weighted by Crippen LogP contribution is 2.41. The largest absolute Gasteiger partial charge is 0.496 e. The number of aryl methyl sites for hydroxylation is 1. The molecule has 0 radical (unpaired) electrons. The molecular weight excluding hydrogens is 552 g/mol. The van der Waals surface area contributed by atoms with Crippen LogP contribution in [0.2, 0.25) is 5.02 Å². The predicted molar refractivity (Wildman–Crippen MR) is 157 cm³/mol. The average Bonchev–Trinajstić information content (AvgIpc) is 3.32. The summed E-state index contributed by atoms with van der Waals surface area (Å²) in [6, 6.07) is 12.3. The molecule has 5 nitrogen and oxygen atoms in total. The van der Waals surface area contributed by atoms with Crippen molar-refractivity contribution in [3.05, 3.63) is 81.5 Å². The van der Waals surface area contributed by atoms with Gasteiger partial charge in [0, 0.05) is 41.6 Å². The van der Waals surface area contributed by atoms with Gasteiger partial charge in [-0.1, -0.05) is 23.7 Å². The fourth-order valence-corrected chi connectivity index (χ4v) is 7.03. The molecule has 0 atom stereocenters. The number of nitrogens with zero attached hydrogens (tertiary/aromatic N) is 3. The van der Waals surface area contributed by atoms with E-state index in [-0.39, 0.29) is 38.5 Å². The van der Waals surface area contributed by atoms with Crippen molar-refractivity contribution in [1.82, 2.24) is 14.8 Å². The lowest BCUT2D eigenvalue weighted by Gasteiger charge is -2.39. The number of hydrogen-bond acceptors (Lipinski definition) is 5. The molecule has 0 N–H and O–H groups in total. The van der Waals surface area contributed by atoms with Gasteiger partial charge in [-0.25, -0.2) is 8.78 Å². The normalized spacial score (nSPS) is 17.4. The third-order valence-electron chi connectivity index (χ3n) is 7.84. The summed E-state index contributed by atoms with van der Waals surface area (Å²) in [5.74, 6) is -0.914. The number of halogens is 3. The highest BCUT2D eigenvalue weighted by molar-refractivity contribution is 7.21. The minimum Gasteiger partial charge on any atom is -0.496 e. The molecule has 9 heteroatoms. The first-order valence-electron chi connectivity index (χ1n) is 13.3. The lowest BCUT2D eigenvalue weighted by Crippen LogP contribution is -2.44. The Bertz CT molecular complexity index is 1530. The molecule has 210 valence electrons. The molecule has 0 aliphatic heterocycles. The van der Waals surface area contributed by atoms with Crippen LogP contribution in [0.25, 0.3) is 21.2 Å². The molecule has 4 aromatic rings. The highest BCUT2D eigenvalue weighted by atomic mass is 35.5. The Morgan fingerprint density at radius 3 is 2.33 bits per heavy atom. The van der Waals surface area contributed by atoms with Crippen LogP contribution in [0.5, 0.6) is 5.75 Å². The topological polar surface area (TPSA) is 45.7 Å². The minimum absolute atomic E-state index is 0.0413. The monoisotopic (exact) mass is 583 g/mol. The number of carbonyl (C=O) groups excluding carboxylic acids is 1. The zero-order valence-electron chi connectivity index (χ0n) is 23.0. The van der Waals surface area contributed by atoms with Crippen molar-refractivity contribution in [2.45, 2.75) is 51.2 Å². The summed E-state index contributed by atoms with van der Waals surface area (Å²) in [4.78, 5) is 22.8. The van der Waals surface area contributed by atoms with E-state index in [9.17, 15) is 13.6 Å². The second-order valence-corrected chi connectivity index (χ2v) is 12.0. The Kier molecular flexibility index (Phi) is 8.40. The van der Waals surface area contributed by atoms with Crippen molar-refractivity contribution in [1.29, 1.82) is 0 Å². The molecule has 0 bridgehead atoms. The van der Waals surface area contributed by atoms with Crippen LogP contribution in [0.15, 0.2) is 48.7 Å². The van der Waals surface area contributed by atoms with Crippen LogP contribution >= 0.6 is 22.9 Å². The first kappa shape index (κ1) is 28.5. The number of amides is 1. The number of rotatable bonds is 7. The minimum atomic E-state index is -0.643. The van der Waals surface area contributed by atoms with Crippen molar-refractivity contribution in [2.24, 2.45) is 0 Å². The number of thiophene rings is 1. The molecule has 1 saturated carbocycles. The SMILES string of the molecule is COc1ccc(-c2ccc(C)nc2)cc1CN(C(=O)c1sc2c(F)ccc(F)c2c1Cl)[C@H]1CC[C@H](N(C)C)CC1. The highest BCUT2D eigenvalue weighted by Gasteiger charge is 2.33. The number of hydrogen-bond donors (Lipinski definition) is 0. The van der Waals surface area contributed by atoms with E-state index in [4.69, 9.17) is 16.3 Å². The summed E-state index contributed by atoms with van der Waals surface area (Å²) in [7, 11) is 5.75. The Hall–Kier alpha value is -3.07. The van der Waals surface area contributed by atoms with Crippen molar-refractivity contribution in [3.8, 4) is 16.9 Å². The van der Waals surface area contributed by atoms with E-state index >= 15 is 0 Å². The number of benzene rings is 2. The van der Waals surface area contributed by atoms with E-state index in [1.54, 1.807) is 7.11 Å². The van der Waals surface area contributed by atoms with Crippen LogP contribution in [0.4, 0.5) is 8.78 Å². The summed E-state index contributed by atoms with van der Waals surface area (Å²) >= 11 is 7.48. The van der Waals surface area contributed by atoms with Gasteiger partial charge in [-0.3, -0.25) is 9.78 Å². The van der Waals surface area contributed by atoms with Crippen LogP contribution in [0, 0.1) is 18.6 Å². The van der Waals surface area contributed by atoms with Gasteiger partial charge in [-0.05, 0) is 82.6 Å².